The zero-order valence-electron chi connectivity index (χ0n) is 11.9. The van der Waals surface area contributed by atoms with E-state index >= 15 is 0 Å². The second-order valence-electron chi connectivity index (χ2n) is 5.75. The van der Waals surface area contributed by atoms with E-state index in [1.54, 1.807) is 24.8 Å². The van der Waals surface area contributed by atoms with Crippen molar-refractivity contribution >= 4 is 5.91 Å². The first-order valence-electron chi connectivity index (χ1n) is 6.75. The predicted molar refractivity (Wildman–Crippen MR) is 74.5 cm³/mol. The smallest absolute Gasteiger partial charge is 0.276 e. The predicted octanol–water partition coefficient (Wildman–Crippen LogP) is 0.316. The molecule has 2 heterocycles. The van der Waals surface area contributed by atoms with E-state index in [2.05, 4.69) is 9.88 Å². The van der Waals surface area contributed by atoms with Gasteiger partial charge >= 0.3 is 0 Å². The molecule has 2 N–H and O–H groups in total. The lowest BCUT2D eigenvalue weighted by atomic mass is 10.1. The molecule has 0 saturated carbocycles. The van der Waals surface area contributed by atoms with E-state index in [1.807, 2.05) is 0 Å². The number of carbonyl (C=O) groups is 1. The Bertz CT molecular complexity index is 477. The molecule has 1 saturated heterocycles. The average molecular weight is 279 g/mol. The summed E-state index contributed by atoms with van der Waals surface area (Å²) in [6.45, 7) is 6.71. The maximum atomic E-state index is 12.2. The number of aliphatic hydroxyl groups is 1. The third-order valence-corrected chi connectivity index (χ3v) is 3.26. The molecule has 2 rings (SSSR count). The number of aromatic nitrogens is 1. The molecule has 1 aliphatic rings. The lowest BCUT2D eigenvalue weighted by molar-refractivity contribution is 0.0177. The van der Waals surface area contributed by atoms with E-state index in [9.17, 15) is 15.0 Å². The minimum Gasteiger partial charge on any atom is -0.505 e. The van der Waals surface area contributed by atoms with Crippen molar-refractivity contribution in [3.05, 3.63) is 24.0 Å². The second-order valence-corrected chi connectivity index (χ2v) is 5.75. The van der Waals surface area contributed by atoms with Crippen LogP contribution in [0.5, 0.6) is 5.75 Å². The molecule has 1 amide bonds. The first kappa shape index (κ1) is 14.7. The van der Waals surface area contributed by atoms with Crippen LogP contribution in [0.15, 0.2) is 18.3 Å². The molecular weight excluding hydrogens is 258 g/mol. The second kappa shape index (κ2) is 5.76. The number of rotatable bonds is 3. The number of β-amino-alcohol motifs (C(OH)–C–C–N with tert-alkyl or cyclic N) is 1. The minimum absolute atomic E-state index is 0.0866. The van der Waals surface area contributed by atoms with Crippen molar-refractivity contribution in [3.63, 3.8) is 0 Å². The van der Waals surface area contributed by atoms with Crippen molar-refractivity contribution in [2.24, 2.45) is 0 Å². The molecule has 1 aromatic rings. The topological polar surface area (TPSA) is 76.9 Å². The van der Waals surface area contributed by atoms with Gasteiger partial charge in [-0.15, -0.1) is 0 Å². The fourth-order valence-electron chi connectivity index (χ4n) is 2.37. The number of aromatic hydroxyl groups is 1. The molecule has 0 aromatic carbocycles. The summed E-state index contributed by atoms with van der Waals surface area (Å²) in [5.74, 6) is -0.331. The normalized spacial score (nSPS) is 17.2. The molecule has 0 bridgehead atoms. The van der Waals surface area contributed by atoms with Gasteiger partial charge in [-0.1, -0.05) is 0 Å². The number of piperazine rings is 1. The van der Waals surface area contributed by atoms with Gasteiger partial charge in [-0.3, -0.25) is 9.69 Å². The molecule has 6 nitrogen and oxygen atoms in total. The van der Waals surface area contributed by atoms with Gasteiger partial charge in [0.25, 0.3) is 5.91 Å². The van der Waals surface area contributed by atoms with Crippen molar-refractivity contribution in [2.75, 3.05) is 32.7 Å². The molecular formula is C14H21N3O3. The quantitative estimate of drug-likeness (QED) is 0.833. The first-order valence-corrected chi connectivity index (χ1v) is 6.75. The molecule has 110 valence electrons. The van der Waals surface area contributed by atoms with Crippen molar-refractivity contribution in [1.29, 1.82) is 0 Å². The average Bonchev–Trinajstić information content (AvgIpc) is 2.37. The molecule has 0 atom stereocenters. The Morgan fingerprint density at radius 1 is 1.35 bits per heavy atom. The van der Waals surface area contributed by atoms with Gasteiger partial charge in [0.15, 0.2) is 5.69 Å². The highest BCUT2D eigenvalue weighted by atomic mass is 16.3. The highest BCUT2D eigenvalue weighted by molar-refractivity contribution is 5.94. The SMILES string of the molecule is CC(C)(O)CN1CCN(C(=O)c2ncccc2O)CC1. The van der Waals surface area contributed by atoms with E-state index in [0.29, 0.717) is 32.7 Å². The molecule has 20 heavy (non-hydrogen) atoms. The Morgan fingerprint density at radius 2 is 2.00 bits per heavy atom. The van der Waals surface area contributed by atoms with E-state index in [4.69, 9.17) is 0 Å². The molecule has 1 aliphatic heterocycles. The van der Waals surface area contributed by atoms with E-state index < -0.39 is 5.60 Å². The van der Waals surface area contributed by atoms with Gasteiger partial charge < -0.3 is 15.1 Å². The van der Waals surface area contributed by atoms with Crippen LogP contribution in [0.25, 0.3) is 0 Å². The molecule has 6 heteroatoms. The summed E-state index contributed by atoms with van der Waals surface area (Å²) < 4.78 is 0. The summed E-state index contributed by atoms with van der Waals surface area (Å²) in [5.41, 5.74) is -0.630. The molecule has 0 unspecified atom stereocenters. The van der Waals surface area contributed by atoms with E-state index in [1.165, 1.54) is 12.3 Å². The maximum absolute atomic E-state index is 12.2. The van der Waals surface area contributed by atoms with Gasteiger partial charge in [0.1, 0.15) is 5.75 Å². The third kappa shape index (κ3) is 3.68. The molecule has 1 fully saturated rings. The van der Waals surface area contributed by atoms with Crippen LogP contribution < -0.4 is 0 Å². The Kier molecular flexibility index (Phi) is 4.25. The third-order valence-electron chi connectivity index (χ3n) is 3.26. The Morgan fingerprint density at radius 3 is 2.55 bits per heavy atom. The fraction of sp³-hybridized carbons (Fsp3) is 0.571. The zero-order valence-corrected chi connectivity index (χ0v) is 11.9. The van der Waals surface area contributed by atoms with Crippen molar-refractivity contribution in [1.82, 2.24) is 14.8 Å². The number of hydrogen-bond donors (Lipinski definition) is 2. The maximum Gasteiger partial charge on any atom is 0.276 e. The monoisotopic (exact) mass is 279 g/mol. The summed E-state index contributed by atoms with van der Waals surface area (Å²) in [5, 5.41) is 19.5. The highest BCUT2D eigenvalue weighted by Gasteiger charge is 2.27. The number of nitrogens with zero attached hydrogens (tertiary/aromatic N) is 3. The lowest BCUT2D eigenvalue weighted by Gasteiger charge is -2.37. The van der Waals surface area contributed by atoms with E-state index in [0.717, 1.165) is 0 Å². The van der Waals surface area contributed by atoms with Crippen molar-refractivity contribution < 1.29 is 15.0 Å². The summed E-state index contributed by atoms with van der Waals surface area (Å²) in [4.78, 5) is 20.0. The Labute approximate surface area is 118 Å². The molecule has 0 aliphatic carbocycles. The van der Waals surface area contributed by atoms with Crippen LogP contribution in [0.3, 0.4) is 0 Å². The van der Waals surface area contributed by atoms with Gasteiger partial charge in [0.2, 0.25) is 0 Å². The molecule has 1 aromatic heterocycles. The van der Waals surface area contributed by atoms with Gasteiger partial charge in [-0.25, -0.2) is 4.98 Å². The fourth-order valence-corrected chi connectivity index (χ4v) is 2.37. The van der Waals surface area contributed by atoms with Crippen molar-refractivity contribution in [3.8, 4) is 5.75 Å². The summed E-state index contributed by atoms with van der Waals surface area (Å²) in [7, 11) is 0. The number of amides is 1. The van der Waals surface area contributed by atoms with Crippen LogP contribution in [0.4, 0.5) is 0 Å². The van der Waals surface area contributed by atoms with Gasteiger partial charge in [-0.05, 0) is 26.0 Å². The van der Waals surface area contributed by atoms with Crippen molar-refractivity contribution in [2.45, 2.75) is 19.4 Å². The van der Waals surface area contributed by atoms with Crippen LogP contribution in [0.1, 0.15) is 24.3 Å². The standard InChI is InChI=1S/C14H21N3O3/c1-14(2,20)10-16-6-8-17(9-7-16)13(19)12-11(18)4-3-5-15-12/h3-5,18,20H,6-10H2,1-2H3. The summed E-state index contributed by atoms with van der Waals surface area (Å²) >= 11 is 0. The summed E-state index contributed by atoms with van der Waals surface area (Å²) in [6, 6.07) is 3.05. The van der Waals surface area contributed by atoms with Crippen LogP contribution in [-0.4, -0.2) is 69.2 Å². The lowest BCUT2D eigenvalue weighted by Crippen LogP contribution is -2.52. The molecule has 0 spiro atoms. The van der Waals surface area contributed by atoms with Gasteiger partial charge in [-0.2, -0.15) is 0 Å². The zero-order chi connectivity index (χ0) is 14.8. The number of pyridine rings is 1. The van der Waals surface area contributed by atoms with Gasteiger partial charge in [0.05, 0.1) is 5.60 Å². The van der Waals surface area contributed by atoms with Crippen LogP contribution in [0.2, 0.25) is 0 Å². The molecule has 0 radical (unpaired) electrons. The number of hydrogen-bond acceptors (Lipinski definition) is 5. The summed E-state index contributed by atoms with van der Waals surface area (Å²) in [6.07, 6.45) is 1.50. The van der Waals surface area contributed by atoms with E-state index in [-0.39, 0.29) is 17.4 Å². The van der Waals surface area contributed by atoms with Crippen LogP contribution >= 0.6 is 0 Å². The number of carbonyl (C=O) groups excluding carboxylic acids is 1. The van der Waals surface area contributed by atoms with Crippen LogP contribution in [-0.2, 0) is 0 Å². The Balaban J connectivity index is 1.94. The first-order chi connectivity index (χ1) is 9.37. The highest BCUT2D eigenvalue weighted by Crippen LogP contribution is 2.16. The van der Waals surface area contributed by atoms with Gasteiger partial charge in [0, 0.05) is 38.9 Å². The minimum atomic E-state index is -0.731. The largest absolute Gasteiger partial charge is 0.505 e. The Hall–Kier alpha value is -1.66. The van der Waals surface area contributed by atoms with Crippen LogP contribution in [0, 0.1) is 0 Å².